The van der Waals surface area contributed by atoms with Crippen LogP contribution in [0.1, 0.15) is 51.9 Å². The maximum atomic E-state index is 11.9. The molecule has 8 nitrogen and oxygen atoms in total. The van der Waals surface area contributed by atoms with Crippen LogP contribution in [0, 0.1) is 0 Å². The van der Waals surface area contributed by atoms with E-state index in [0.717, 1.165) is 25.7 Å². The lowest BCUT2D eigenvalue weighted by atomic mass is 10.1. The van der Waals surface area contributed by atoms with Gasteiger partial charge in [-0.1, -0.05) is 25.7 Å². The molecule has 8 heteroatoms. The quantitative estimate of drug-likeness (QED) is 0.385. The summed E-state index contributed by atoms with van der Waals surface area (Å²) in [6, 6.07) is -2.37. The highest BCUT2D eigenvalue weighted by atomic mass is 16.6. The number of hydrogen-bond donors (Lipinski definition) is 2. The molecule has 0 aromatic heterocycles. The zero-order valence-electron chi connectivity index (χ0n) is 14.4. The fraction of sp³-hybridized carbons (Fsp3) is 0.812. The van der Waals surface area contributed by atoms with Crippen LogP contribution in [0.25, 0.3) is 0 Å². The van der Waals surface area contributed by atoms with Crippen LogP contribution >= 0.6 is 0 Å². The molecule has 0 amide bonds. The van der Waals surface area contributed by atoms with Crippen LogP contribution in [0.5, 0.6) is 0 Å². The first kappa shape index (κ1) is 20.5. The van der Waals surface area contributed by atoms with Gasteiger partial charge in [-0.25, -0.2) is 9.59 Å². The van der Waals surface area contributed by atoms with Crippen LogP contribution in [-0.2, 0) is 28.6 Å². The molecular formula is C16H28N2O6. The summed E-state index contributed by atoms with van der Waals surface area (Å²) in [7, 11) is 1.17. The fourth-order valence-electron chi connectivity index (χ4n) is 2.55. The van der Waals surface area contributed by atoms with Gasteiger partial charge in [-0.15, -0.1) is 0 Å². The smallest absolute Gasteiger partial charge is 0.333 e. The lowest BCUT2D eigenvalue weighted by molar-refractivity contribution is -0.165. The first-order valence-electron chi connectivity index (χ1n) is 8.34. The highest BCUT2D eigenvalue weighted by molar-refractivity contribution is 5.92. The van der Waals surface area contributed by atoms with Crippen LogP contribution in [-0.4, -0.2) is 49.3 Å². The largest absolute Gasteiger partial charge is 0.469 e. The molecule has 0 radical (unpaired) electrons. The molecule has 0 heterocycles. The molecule has 1 aliphatic carbocycles. The second kappa shape index (κ2) is 10.4. The molecule has 0 bridgehead atoms. The topological polar surface area (TPSA) is 131 Å². The molecule has 1 saturated carbocycles. The van der Waals surface area contributed by atoms with Gasteiger partial charge < -0.3 is 25.7 Å². The third-order valence-electron chi connectivity index (χ3n) is 4.11. The molecular weight excluding hydrogens is 316 g/mol. The molecule has 1 aliphatic rings. The summed E-state index contributed by atoms with van der Waals surface area (Å²) in [5.74, 6) is -2.59. The lowest BCUT2D eigenvalue weighted by Crippen LogP contribution is -2.47. The van der Waals surface area contributed by atoms with Gasteiger partial charge >= 0.3 is 17.9 Å². The zero-order valence-corrected chi connectivity index (χ0v) is 14.4. The Morgan fingerprint density at radius 2 is 1.62 bits per heavy atom. The summed E-state index contributed by atoms with van der Waals surface area (Å²) >= 11 is 0. The van der Waals surface area contributed by atoms with Gasteiger partial charge in [-0.2, -0.15) is 0 Å². The zero-order chi connectivity index (χ0) is 18.1. The molecule has 24 heavy (non-hydrogen) atoms. The van der Waals surface area contributed by atoms with E-state index >= 15 is 0 Å². The second-order valence-corrected chi connectivity index (χ2v) is 6.11. The van der Waals surface area contributed by atoms with Crippen molar-refractivity contribution < 1.29 is 28.6 Å². The van der Waals surface area contributed by atoms with Gasteiger partial charge in [-0.3, -0.25) is 4.79 Å². The van der Waals surface area contributed by atoms with Crippen molar-refractivity contribution in [2.24, 2.45) is 11.5 Å². The summed E-state index contributed by atoms with van der Waals surface area (Å²) in [4.78, 5) is 34.7. The molecule has 0 aliphatic heterocycles. The van der Waals surface area contributed by atoms with Gasteiger partial charge in [0.1, 0.15) is 12.1 Å². The van der Waals surface area contributed by atoms with Gasteiger partial charge in [0, 0.05) is 0 Å². The number of ether oxygens (including phenoxy) is 3. The summed E-state index contributed by atoms with van der Waals surface area (Å²) in [6.07, 6.45) is 5.57. The Bertz CT molecular complexity index is 434. The monoisotopic (exact) mass is 344 g/mol. The molecule has 0 spiro atoms. The number of carbonyl (C=O) groups is 3. The molecule has 0 aromatic carbocycles. The van der Waals surface area contributed by atoms with Gasteiger partial charge in [0.05, 0.1) is 25.7 Å². The van der Waals surface area contributed by atoms with Gasteiger partial charge in [0.2, 0.25) is 0 Å². The maximum Gasteiger partial charge on any atom is 0.333 e. The molecule has 4 N–H and O–H groups in total. The lowest BCUT2D eigenvalue weighted by Gasteiger charge is -2.24. The number of hydrogen-bond acceptors (Lipinski definition) is 8. The standard InChI is InChI=1S/C16H28N2O6/c1-10(23-11-7-5-3-4-6-8-11)14(18)16(21)24-15(20)12(17)9-13(19)22-2/h10-12,14H,3-9,17-18H2,1-2H3/t10-,12+,14+/m1/s1. The van der Waals surface area contributed by atoms with E-state index in [1.54, 1.807) is 6.92 Å². The van der Waals surface area contributed by atoms with E-state index in [9.17, 15) is 14.4 Å². The normalized spacial score (nSPS) is 19.7. The molecule has 0 saturated heterocycles. The average molecular weight is 344 g/mol. The first-order chi connectivity index (χ1) is 11.3. The van der Waals surface area contributed by atoms with E-state index in [1.807, 2.05) is 0 Å². The highest BCUT2D eigenvalue weighted by Crippen LogP contribution is 2.21. The molecule has 138 valence electrons. The van der Waals surface area contributed by atoms with Gasteiger partial charge in [-0.05, 0) is 19.8 Å². The van der Waals surface area contributed by atoms with Crippen LogP contribution < -0.4 is 11.5 Å². The van der Waals surface area contributed by atoms with Gasteiger partial charge in [0.15, 0.2) is 0 Å². The SMILES string of the molecule is COC(=O)C[C@H](N)C(=O)OC(=O)[C@@H](N)[C@@H](C)OC1CCCCCC1. The minimum absolute atomic E-state index is 0.0682. The molecule has 1 rings (SSSR count). The predicted molar refractivity (Wildman–Crippen MR) is 85.7 cm³/mol. The number of methoxy groups -OCH3 is 1. The summed E-state index contributed by atoms with van der Waals surface area (Å²) in [6.45, 7) is 1.68. The highest BCUT2D eigenvalue weighted by Gasteiger charge is 2.30. The third kappa shape index (κ3) is 6.94. The average Bonchev–Trinajstić information content (AvgIpc) is 2.82. The minimum Gasteiger partial charge on any atom is -0.469 e. The van der Waals surface area contributed by atoms with Crippen molar-refractivity contribution in [3.8, 4) is 0 Å². The van der Waals surface area contributed by atoms with Crippen molar-refractivity contribution in [1.29, 1.82) is 0 Å². The molecule has 0 unspecified atom stereocenters. The van der Waals surface area contributed by atoms with Crippen molar-refractivity contribution in [1.82, 2.24) is 0 Å². The Kier molecular flexibility index (Phi) is 8.88. The van der Waals surface area contributed by atoms with E-state index in [0.29, 0.717) is 0 Å². The Hall–Kier alpha value is -1.51. The summed E-state index contributed by atoms with van der Waals surface area (Å²) < 4.78 is 14.9. The Labute approximate surface area is 142 Å². The fourth-order valence-corrected chi connectivity index (χ4v) is 2.55. The second-order valence-electron chi connectivity index (χ2n) is 6.11. The van der Waals surface area contributed by atoms with Crippen molar-refractivity contribution in [3.05, 3.63) is 0 Å². The van der Waals surface area contributed by atoms with E-state index in [4.69, 9.17) is 16.2 Å². The summed E-state index contributed by atoms with van der Waals surface area (Å²) in [5, 5.41) is 0. The number of nitrogens with two attached hydrogens (primary N) is 2. The Balaban J connectivity index is 2.44. The molecule has 3 atom stereocenters. The number of rotatable bonds is 7. The van der Waals surface area contributed by atoms with E-state index in [2.05, 4.69) is 9.47 Å². The number of esters is 3. The van der Waals surface area contributed by atoms with Gasteiger partial charge in [0.25, 0.3) is 0 Å². The van der Waals surface area contributed by atoms with E-state index in [-0.39, 0.29) is 12.5 Å². The Morgan fingerprint density at radius 1 is 1.04 bits per heavy atom. The van der Waals surface area contributed by atoms with Crippen LogP contribution in [0.15, 0.2) is 0 Å². The minimum atomic E-state index is -1.27. The predicted octanol–water partition coefficient (Wildman–Crippen LogP) is 0.402. The van der Waals surface area contributed by atoms with Crippen LogP contribution in [0.2, 0.25) is 0 Å². The van der Waals surface area contributed by atoms with Crippen LogP contribution in [0.4, 0.5) is 0 Å². The maximum absolute atomic E-state index is 11.9. The number of carbonyl (C=O) groups excluding carboxylic acids is 3. The molecule has 1 fully saturated rings. The third-order valence-corrected chi connectivity index (χ3v) is 4.11. The molecule has 0 aromatic rings. The van der Waals surface area contributed by atoms with E-state index < -0.39 is 36.1 Å². The summed E-state index contributed by atoms with van der Waals surface area (Å²) in [5.41, 5.74) is 11.3. The van der Waals surface area contributed by atoms with Crippen molar-refractivity contribution in [2.75, 3.05) is 7.11 Å². The first-order valence-corrected chi connectivity index (χ1v) is 8.34. The van der Waals surface area contributed by atoms with Crippen molar-refractivity contribution in [3.63, 3.8) is 0 Å². The van der Waals surface area contributed by atoms with Crippen LogP contribution in [0.3, 0.4) is 0 Å². The Morgan fingerprint density at radius 3 is 2.17 bits per heavy atom. The van der Waals surface area contributed by atoms with Crippen molar-refractivity contribution in [2.45, 2.75) is 76.2 Å². The van der Waals surface area contributed by atoms with E-state index in [1.165, 1.54) is 20.0 Å². The van der Waals surface area contributed by atoms with Crippen molar-refractivity contribution >= 4 is 17.9 Å².